The van der Waals surface area contributed by atoms with Crippen molar-refractivity contribution in [2.75, 3.05) is 20.3 Å². The van der Waals surface area contributed by atoms with E-state index in [9.17, 15) is 13.2 Å². The maximum absolute atomic E-state index is 12.5. The lowest BCUT2D eigenvalue weighted by Gasteiger charge is -2.11. The van der Waals surface area contributed by atoms with Gasteiger partial charge in [0.25, 0.3) is 0 Å². The van der Waals surface area contributed by atoms with Crippen LogP contribution in [-0.4, -0.2) is 20.3 Å². The molecule has 0 heterocycles. The Morgan fingerprint density at radius 1 is 1.28 bits per heavy atom. The molecule has 6 heteroatoms. The van der Waals surface area contributed by atoms with Crippen molar-refractivity contribution in [3.05, 3.63) is 29.3 Å². The number of hydrogen-bond donors (Lipinski definition) is 0. The summed E-state index contributed by atoms with van der Waals surface area (Å²) >= 11 is 0. The first-order valence-corrected chi connectivity index (χ1v) is 5.22. The summed E-state index contributed by atoms with van der Waals surface area (Å²) in [6, 6.07) is 4.67. The van der Waals surface area contributed by atoms with Crippen LogP contribution in [0.3, 0.4) is 0 Å². The van der Waals surface area contributed by atoms with E-state index < -0.39 is 17.3 Å². The highest BCUT2D eigenvalue weighted by Crippen LogP contribution is 2.33. The first-order valence-electron chi connectivity index (χ1n) is 5.22. The van der Waals surface area contributed by atoms with Crippen LogP contribution >= 0.6 is 0 Å². The zero-order valence-electron chi connectivity index (χ0n) is 9.75. The number of halogens is 3. The summed E-state index contributed by atoms with van der Waals surface area (Å²) in [7, 11) is 1.55. The van der Waals surface area contributed by atoms with E-state index in [-0.39, 0.29) is 5.75 Å². The highest BCUT2D eigenvalue weighted by molar-refractivity contribution is 5.44. The van der Waals surface area contributed by atoms with Gasteiger partial charge in [0, 0.05) is 20.1 Å². The summed E-state index contributed by atoms with van der Waals surface area (Å²) in [5.74, 6) is 0.246. The van der Waals surface area contributed by atoms with Gasteiger partial charge in [-0.25, -0.2) is 0 Å². The number of hydrogen-bond acceptors (Lipinski definition) is 3. The van der Waals surface area contributed by atoms with E-state index in [0.29, 0.717) is 19.6 Å². The fraction of sp³-hybridized carbons (Fsp3) is 0.417. The van der Waals surface area contributed by atoms with E-state index in [1.54, 1.807) is 7.11 Å². The Labute approximate surface area is 103 Å². The van der Waals surface area contributed by atoms with Crippen molar-refractivity contribution in [1.29, 1.82) is 5.26 Å². The zero-order valence-corrected chi connectivity index (χ0v) is 9.75. The highest BCUT2D eigenvalue weighted by atomic mass is 19.4. The van der Waals surface area contributed by atoms with Crippen LogP contribution in [0.15, 0.2) is 18.2 Å². The SMILES string of the molecule is COCCCOc1ccc(C(F)(F)F)c(C#N)c1. The van der Waals surface area contributed by atoms with Gasteiger partial charge in [0.05, 0.1) is 23.8 Å². The van der Waals surface area contributed by atoms with Gasteiger partial charge in [0.2, 0.25) is 0 Å². The van der Waals surface area contributed by atoms with Crippen LogP contribution in [0.2, 0.25) is 0 Å². The van der Waals surface area contributed by atoms with Gasteiger partial charge in [0.15, 0.2) is 0 Å². The van der Waals surface area contributed by atoms with Crippen LogP contribution in [0.25, 0.3) is 0 Å². The van der Waals surface area contributed by atoms with Crippen molar-refractivity contribution in [2.24, 2.45) is 0 Å². The van der Waals surface area contributed by atoms with Gasteiger partial charge in [-0.15, -0.1) is 0 Å². The van der Waals surface area contributed by atoms with Gasteiger partial charge < -0.3 is 9.47 Å². The molecule has 0 aliphatic heterocycles. The molecule has 18 heavy (non-hydrogen) atoms. The molecule has 0 saturated carbocycles. The molecule has 0 saturated heterocycles. The second-order valence-corrected chi connectivity index (χ2v) is 3.51. The third-order valence-corrected chi connectivity index (χ3v) is 2.18. The molecule has 3 nitrogen and oxygen atoms in total. The van der Waals surface area contributed by atoms with E-state index in [2.05, 4.69) is 0 Å². The minimum Gasteiger partial charge on any atom is -0.493 e. The molecule has 1 aromatic carbocycles. The van der Waals surface area contributed by atoms with Crippen molar-refractivity contribution >= 4 is 0 Å². The number of rotatable bonds is 5. The maximum atomic E-state index is 12.5. The summed E-state index contributed by atoms with van der Waals surface area (Å²) in [6.45, 7) is 0.829. The molecule has 0 radical (unpaired) electrons. The smallest absolute Gasteiger partial charge is 0.417 e. The molecule has 1 aromatic rings. The molecule has 0 aromatic heterocycles. The lowest BCUT2D eigenvalue weighted by atomic mass is 10.1. The molecule has 0 spiro atoms. The van der Waals surface area contributed by atoms with Gasteiger partial charge >= 0.3 is 6.18 Å². The van der Waals surface area contributed by atoms with E-state index >= 15 is 0 Å². The van der Waals surface area contributed by atoms with Gasteiger partial charge in [0.1, 0.15) is 5.75 Å². The molecular formula is C12H12F3NO2. The second-order valence-electron chi connectivity index (χ2n) is 3.51. The molecule has 0 aliphatic rings. The average molecular weight is 259 g/mol. The summed E-state index contributed by atoms with van der Waals surface area (Å²) in [5, 5.41) is 8.69. The number of benzene rings is 1. The van der Waals surface area contributed by atoms with E-state index in [1.807, 2.05) is 0 Å². The predicted octanol–water partition coefficient (Wildman–Crippen LogP) is 2.99. The summed E-state index contributed by atoms with van der Waals surface area (Å²) < 4.78 is 47.6. The van der Waals surface area contributed by atoms with Crippen LogP contribution in [0.5, 0.6) is 5.75 Å². The Hall–Kier alpha value is -1.74. The van der Waals surface area contributed by atoms with Crippen molar-refractivity contribution in [3.63, 3.8) is 0 Å². The van der Waals surface area contributed by atoms with E-state index in [0.717, 1.165) is 12.1 Å². The normalized spacial score (nSPS) is 11.1. The minimum atomic E-state index is -4.53. The van der Waals surface area contributed by atoms with Crippen molar-refractivity contribution < 1.29 is 22.6 Å². The van der Waals surface area contributed by atoms with Crippen LogP contribution in [0.4, 0.5) is 13.2 Å². The topological polar surface area (TPSA) is 42.2 Å². The number of nitrogens with zero attached hydrogens (tertiary/aromatic N) is 1. The first kappa shape index (κ1) is 14.3. The maximum Gasteiger partial charge on any atom is 0.417 e. The molecule has 0 N–H and O–H groups in total. The van der Waals surface area contributed by atoms with Crippen molar-refractivity contribution in [1.82, 2.24) is 0 Å². The molecule has 0 atom stereocenters. The largest absolute Gasteiger partial charge is 0.493 e. The Bertz CT molecular complexity index is 438. The minimum absolute atomic E-state index is 0.246. The Morgan fingerprint density at radius 3 is 2.56 bits per heavy atom. The molecule has 0 bridgehead atoms. The van der Waals surface area contributed by atoms with Crippen molar-refractivity contribution in [2.45, 2.75) is 12.6 Å². The third kappa shape index (κ3) is 3.93. The van der Waals surface area contributed by atoms with Gasteiger partial charge in [-0.3, -0.25) is 0 Å². The number of ether oxygens (including phenoxy) is 2. The molecule has 0 amide bonds. The highest BCUT2D eigenvalue weighted by Gasteiger charge is 2.33. The lowest BCUT2D eigenvalue weighted by molar-refractivity contribution is -0.137. The Balaban J connectivity index is 2.77. The standard InChI is InChI=1S/C12H12F3NO2/c1-17-5-2-6-18-10-3-4-11(12(13,14)15)9(7-10)8-16/h3-4,7H,2,5-6H2,1H3. The van der Waals surface area contributed by atoms with Crippen LogP contribution in [-0.2, 0) is 10.9 Å². The van der Waals surface area contributed by atoms with E-state index in [1.165, 1.54) is 12.1 Å². The molecule has 98 valence electrons. The number of alkyl halides is 3. The number of nitriles is 1. The molecule has 0 unspecified atom stereocenters. The van der Waals surface area contributed by atoms with E-state index in [4.69, 9.17) is 14.7 Å². The fourth-order valence-electron chi connectivity index (χ4n) is 1.35. The first-order chi connectivity index (χ1) is 8.49. The lowest BCUT2D eigenvalue weighted by Crippen LogP contribution is -2.08. The average Bonchev–Trinajstić information content (AvgIpc) is 2.33. The zero-order chi connectivity index (χ0) is 13.6. The molecule has 0 fully saturated rings. The summed E-state index contributed by atoms with van der Waals surface area (Å²) in [6.07, 6.45) is -3.90. The van der Waals surface area contributed by atoms with Crippen LogP contribution < -0.4 is 4.74 Å². The second kappa shape index (κ2) is 6.26. The Morgan fingerprint density at radius 2 is 2.00 bits per heavy atom. The summed E-state index contributed by atoms with van der Waals surface area (Å²) in [4.78, 5) is 0. The Kier molecular flexibility index (Phi) is 4.98. The van der Waals surface area contributed by atoms with Gasteiger partial charge in [-0.1, -0.05) is 0 Å². The van der Waals surface area contributed by atoms with Crippen LogP contribution in [0.1, 0.15) is 17.5 Å². The number of methoxy groups -OCH3 is 1. The monoisotopic (exact) mass is 259 g/mol. The third-order valence-electron chi connectivity index (χ3n) is 2.18. The summed E-state index contributed by atoms with van der Waals surface area (Å²) in [5.41, 5.74) is -1.39. The predicted molar refractivity (Wildman–Crippen MR) is 58.1 cm³/mol. The fourth-order valence-corrected chi connectivity index (χ4v) is 1.35. The molecular weight excluding hydrogens is 247 g/mol. The molecule has 0 aliphatic carbocycles. The van der Waals surface area contributed by atoms with Gasteiger partial charge in [-0.2, -0.15) is 18.4 Å². The van der Waals surface area contributed by atoms with Crippen LogP contribution in [0, 0.1) is 11.3 Å². The quantitative estimate of drug-likeness (QED) is 0.763. The van der Waals surface area contributed by atoms with Gasteiger partial charge in [-0.05, 0) is 18.2 Å². The molecule has 1 rings (SSSR count). The van der Waals surface area contributed by atoms with Crippen molar-refractivity contribution in [3.8, 4) is 11.8 Å².